The smallest absolute Gasteiger partial charge is 0.322 e. The van der Waals surface area contributed by atoms with Crippen LogP contribution in [0.2, 0.25) is 0 Å². The van der Waals surface area contributed by atoms with Gasteiger partial charge in [0.05, 0.1) is 5.75 Å². The first-order chi connectivity index (χ1) is 7.88. The molecule has 0 amide bonds. The summed E-state index contributed by atoms with van der Waals surface area (Å²) in [7, 11) is -1.99. The van der Waals surface area contributed by atoms with Crippen LogP contribution in [-0.2, 0) is 19.6 Å². The van der Waals surface area contributed by atoms with Gasteiger partial charge in [-0.05, 0) is 18.8 Å². The van der Waals surface area contributed by atoms with Crippen molar-refractivity contribution in [3.63, 3.8) is 0 Å². The van der Waals surface area contributed by atoms with Gasteiger partial charge in [0.1, 0.15) is 6.04 Å². The highest BCUT2D eigenvalue weighted by molar-refractivity contribution is 7.89. The van der Waals surface area contributed by atoms with Gasteiger partial charge in [0.2, 0.25) is 10.0 Å². The number of rotatable bonds is 6. The molecule has 0 aliphatic carbocycles. The number of carboxylic acids is 1. The standard InChI is InChI=1S/C10H19NO5S/c1-8(6-16-2)7-17(14,15)11-5-3-4-9(11)10(12)13/h8-9H,3-7H2,1-2H3,(H,12,13)/t8?,9-/m0/s1. The van der Waals surface area contributed by atoms with Crippen molar-refractivity contribution in [2.45, 2.75) is 25.8 Å². The second kappa shape index (κ2) is 5.79. The van der Waals surface area contributed by atoms with Gasteiger partial charge in [0.25, 0.3) is 0 Å². The van der Waals surface area contributed by atoms with E-state index in [1.54, 1.807) is 6.92 Å². The summed E-state index contributed by atoms with van der Waals surface area (Å²) in [5.74, 6) is -1.27. The summed E-state index contributed by atoms with van der Waals surface area (Å²) in [4.78, 5) is 10.9. The average Bonchev–Trinajstić information content (AvgIpc) is 2.65. The maximum Gasteiger partial charge on any atom is 0.322 e. The number of ether oxygens (including phenoxy) is 1. The minimum Gasteiger partial charge on any atom is -0.480 e. The predicted molar refractivity (Wildman–Crippen MR) is 62.2 cm³/mol. The molecule has 0 aromatic rings. The van der Waals surface area contributed by atoms with Crippen molar-refractivity contribution >= 4 is 16.0 Å². The molecule has 1 fully saturated rings. The van der Waals surface area contributed by atoms with Gasteiger partial charge in [-0.25, -0.2) is 8.42 Å². The number of sulfonamides is 1. The normalized spacial score (nSPS) is 23.8. The molecule has 100 valence electrons. The van der Waals surface area contributed by atoms with Gasteiger partial charge < -0.3 is 9.84 Å². The van der Waals surface area contributed by atoms with Gasteiger partial charge >= 0.3 is 5.97 Å². The van der Waals surface area contributed by atoms with Gasteiger partial charge in [-0.1, -0.05) is 6.92 Å². The Balaban J connectivity index is 2.72. The van der Waals surface area contributed by atoms with E-state index in [1.165, 1.54) is 7.11 Å². The quantitative estimate of drug-likeness (QED) is 0.739. The third-order valence-corrected chi connectivity index (χ3v) is 4.93. The molecule has 1 heterocycles. The molecule has 2 atom stereocenters. The van der Waals surface area contributed by atoms with E-state index in [2.05, 4.69) is 0 Å². The van der Waals surface area contributed by atoms with E-state index in [1.807, 2.05) is 0 Å². The lowest BCUT2D eigenvalue weighted by Gasteiger charge is -2.22. The summed E-state index contributed by atoms with van der Waals surface area (Å²) < 4.78 is 30.1. The van der Waals surface area contributed by atoms with Gasteiger partial charge in [0.15, 0.2) is 0 Å². The summed E-state index contributed by atoms with van der Waals surface area (Å²) in [6, 6.07) is -0.894. The van der Waals surface area contributed by atoms with Crippen LogP contribution in [0.15, 0.2) is 0 Å². The summed E-state index contributed by atoms with van der Waals surface area (Å²) in [6.45, 7) is 2.43. The van der Waals surface area contributed by atoms with Crippen molar-refractivity contribution in [2.24, 2.45) is 5.92 Å². The predicted octanol–water partition coefficient (Wildman–Crippen LogP) is 0.148. The van der Waals surface area contributed by atoms with Crippen LogP contribution >= 0.6 is 0 Å². The van der Waals surface area contributed by atoms with E-state index >= 15 is 0 Å². The Kier molecular flexibility index (Phi) is 4.91. The van der Waals surface area contributed by atoms with Gasteiger partial charge in [-0.15, -0.1) is 0 Å². The molecule has 1 aliphatic rings. The Morgan fingerprint density at radius 3 is 2.76 bits per heavy atom. The number of carbonyl (C=O) groups is 1. The van der Waals surface area contributed by atoms with E-state index in [-0.39, 0.29) is 11.7 Å². The fraction of sp³-hybridized carbons (Fsp3) is 0.900. The third-order valence-electron chi connectivity index (χ3n) is 2.79. The van der Waals surface area contributed by atoms with E-state index < -0.39 is 22.0 Å². The van der Waals surface area contributed by atoms with Crippen LogP contribution in [-0.4, -0.2) is 55.9 Å². The summed E-state index contributed by atoms with van der Waals surface area (Å²) in [5, 5.41) is 8.95. The van der Waals surface area contributed by atoms with Gasteiger partial charge in [-0.2, -0.15) is 4.31 Å². The Morgan fingerprint density at radius 2 is 2.24 bits per heavy atom. The van der Waals surface area contributed by atoms with Gasteiger partial charge in [0, 0.05) is 20.3 Å². The molecule has 0 aromatic carbocycles. The lowest BCUT2D eigenvalue weighted by atomic mass is 10.2. The molecule has 1 N–H and O–H groups in total. The highest BCUT2D eigenvalue weighted by Gasteiger charge is 2.38. The van der Waals surface area contributed by atoms with E-state index in [9.17, 15) is 13.2 Å². The molecule has 0 bridgehead atoms. The molecular formula is C10H19NO5S. The zero-order valence-electron chi connectivity index (χ0n) is 10.1. The second-order valence-electron chi connectivity index (χ2n) is 4.45. The van der Waals surface area contributed by atoms with Crippen LogP contribution in [0.3, 0.4) is 0 Å². The van der Waals surface area contributed by atoms with Gasteiger partial charge in [-0.3, -0.25) is 4.79 Å². The molecule has 6 nitrogen and oxygen atoms in total. The first kappa shape index (κ1) is 14.4. The molecule has 0 aromatic heterocycles. The number of hydrogen-bond donors (Lipinski definition) is 1. The summed E-state index contributed by atoms with van der Waals surface area (Å²) >= 11 is 0. The number of nitrogens with zero attached hydrogens (tertiary/aromatic N) is 1. The number of carboxylic acid groups (broad SMARTS) is 1. The van der Waals surface area contributed by atoms with Crippen molar-refractivity contribution in [1.82, 2.24) is 4.31 Å². The fourth-order valence-corrected chi connectivity index (χ4v) is 4.11. The van der Waals surface area contributed by atoms with E-state index in [0.29, 0.717) is 26.0 Å². The average molecular weight is 265 g/mol. The molecule has 1 rings (SSSR count). The van der Waals surface area contributed by atoms with Crippen molar-refractivity contribution in [3.8, 4) is 0 Å². The molecule has 7 heteroatoms. The SMILES string of the molecule is COCC(C)CS(=O)(=O)N1CCC[C@H]1C(=O)O. The first-order valence-electron chi connectivity index (χ1n) is 5.59. The van der Waals surface area contributed by atoms with Crippen LogP contribution in [0.4, 0.5) is 0 Å². The zero-order valence-corrected chi connectivity index (χ0v) is 10.9. The van der Waals surface area contributed by atoms with E-state index in [4.69, 9.17) is 9.84 Å². The summed E-state index contributed by atoms with van der Waals surface area (Å²) in [5.41, 5.74) is 0. The largest absolute Gasteiger partial charge is 0.480 e. The highest BCUT2D eigenvalue weighted by Crippen LogP contribution is 2.22. The Hall–Kier alpha value is -0.660. The molecule has 1 saturated heterocycles. The Bertz CT molecular complexity index is 367. The lowest BCUT2D eigenvalue weighted by molar-refractivity contribution is -0.140. The maximum absolute atomic E-state index is 12.0. The number of aliphatic carboxylic acids is 1. The molecule has 1 aliphatic heterocycles. The minimum absolute atomic E-state index is 0.0649. The monoisotopic (exact) mass is 265 g/mol. The first-order valence-corrected chi connectivity index (χ1v) is 7.20. The van der Waals surface area contributed by atoms with Crippen molar-refractivity contribution in [1.29, 1.82) is 0 Å². The number of methoxy groups -OCH3 is 1. The molecule has 0 spiro atoms. The fourth-order valence-electron chi connectivity index (χ4n) is 2.11. The molecular weight excluding hydrogens is 246 g/mol. The zero-order chi connectivity index (χ0) is 13.1. The molecule has 1 unspecified atom stereocenters. The lowest BCUT2D eigenvalue weighted by Crippen LogP contribution is -2.42. The number of hydrogen-bond acceptors (Lipinski definition) is 4. The Labute approximate surface area is 102 Å². The van der Waals surface area contributed by atoms with Crippen LogP contribution in [0.1, 0.15) is 19.8 Å². The molecule has 0 saturated carbocycles. The van der Waals surface area contributed by atoms with Crippen molar-refractivity contribution in [2.75, 3.05) is 26.0 Å². The van der Waals surface area contributed by atoms with Crippen molar-refractivity contribution < 1.29 is 23.1 Å². The van der Waals surface area contributed by atoms with E-state index in [0.717, 1.165) is 4.31 Å². The topological polar surface area (TPSA) is 83.9 Å². The van der Waals surface area contributed by atoms with Crippen LogP contribution in [0, 0.1) is 5.92 Å². The van der Waals surface area contributed by atoms with Crippen molar-refractivity contribution in [3.05, 3.63) is 0 Å². The van der Waals surface area contributed by atoms with Crippen LogP contribution < -0.4 is 0 Å². The third kappa shape index (κ3) is 3.65. The Morgan fingerprint density at radius 1 is 1.59 bits per heavy atom. The van der Waals surface area contributed by atoms with Crippen LogP contribution in [0.25, 0.3) is 0 Å². The second-order valence-corrected chi connectivity index (χ2v) is 6.41. The highest BCUT2D eigenvalue weighted by atomic mass is 32.2. The summed E-state index contributed by atoms with van der Waals surface area (Å²) in [6.07, 6.45) is 1.00. The minimum atomic E-state index is -3.50. The maximum atomic E-state index is 12.0. The van der Waals surface area contributed by atoms with Crippen LogP contribution in [0.5, 0.6) is 0 Å². The molecule has 0 radical (unpaired) electrons. The molecule has 17 heavy (non-hydrogen) atoms.